The minimum atomic E-state index is -0.456. The van der Waals surface area contributed by atoms with Gasteiger partial charge in [-0.2, -0.15) is 0 Å². The van der Waals surface area contributed by atoms with E-state index in [2.05, 4.69) is 38.7 Å². The molecular weight excluding hydrogens is 332 g/mol. The number of carbonyl (C=O) groups is 1. The van der Waals surface area contributed by atoms with Crippen molar-refractivity contribution in [2.75, 3.05) is 6.54 Å². The van der Waals surface area contributed by atoms with Gasteiger partial charge in [-0.1, -0.05) is 28.1 Å². The Hall–Kier alpha value is -1.07. The van der Waals surface area contributed by atoms with Crippen molar-refractivity contribution in [3.63, 3.8) is 0 Å². The lowest BCUT2D eigenvalue weighted by molar-refractivity contribution is 0.0490. The van der Waals surface area contributed by atoms with Crippen LogP contribution in [0.25, 0.3) is 0 Å². The Morgan fingerprint density at radius 3 is 2.62 bits per heavy atom. The summed E-state index contributed by atoms with van der Waals surface area (Å²) in [7, 11) is 0. The van der Waals surface area contributed by atoms with Gasteiger partial charge in [0.05, 0.1) is 0 Å². The zero-order chi connectivity index (χ0) is 15.5. The first-order chi connectivity index (χ1) is 9.83. The molecule has 0 spiro atoms. The molecule has 1 heterocycles. The van der Waals surface area contributed by atoms with E-state index in [0.717, 1.165) is 23.9 Å². The minimum absolute atomic E-state index is 0.148. The number of hydrogen-bond acceptors (Lipinski definition) is 3. The van der Waals surface area contributed by atoms with Crippen LogP contribution < -0.4 is 10.6 Å². The van der Waals surface area contributed by atoms with Gasteiger partial charge in [-0.05, 0) is 57.9 Å². The van der Waals surface area contributed by atoms with E-state index in [-0.39, 0.29) is 18.2 Å². The molecule has 1 aromatic carbocycles. The predicted molar refractivity (Wildman–Crippen MR) is 87.3 cm³/mol. The lowest BCUT2D eigenvalue weighted by atomic mass is 9.94. The number of rotatable bonds is 2. The van der Waals surface area contributed by atoms with Crippen LogP contribution in [0.3, 0.4) is 0 Å². The molecule has 0 saturated carbocycles. The van der Waals surface area contributed by atoms with E-state index >= 15 is 0 Å². The summed E-state index contributed by atoms with van der Waals surface area (Å²) in [5.74, 6) is 0. The molecule has 1 aliphatic rings. The first-order valence-electron chi connectivity index (χ1n) is 7.32. The Balaban J connectivity index is 1.91. The number of amides is 1. The summed E-state index contributed by atoms with van der Waals surface area (Å²) in [6, 6.07) is 8.72. The van der Waals surface area contributed by atoms with Gasteiger partial charge in [-0.15, -0.1) is 0 Å². The zero-order valence-electron chi connectivity index (χ0n) is 12.8. The Morgan fingerprint density at radius 1 is 1.33 bits per heavy atom. The van der Waals surface area contributed by atoms with Gasteiger partial charge in [-0.25, -0.2) is 4.79 Å². The second-order valence-corrected chi connectivity index (χ2v) is 7.34. The standard InChI is InChI=1S/C16H23BrN2O2/c1-16(2,3)21-15(20)19-13-8-9-18-14(10-13)11-4-6-12(17)7-5-11/h4-7,13-14,18H,8-10H2,1-3H3,(H,19,20). The normalized spacial score (nSPS) is 22.7. The highest BCUT2D eigenvalue weighted by atomic mass is 79.9. The monoisotopic (exact) mass is 354 g/mol. The Morgan fingerprint density at radius 2 is 2.00 bits per heavy atom. The summed E-state index contributed by atoms with van der Waals surface area (Å²) in [6.45, 7) is 6.51. The number of halogens is 1. The SMILES string of the molecule is CC(C)(C)OC(=O)NC1CCNC(c2ccc(Br)cc2)C1. The van der Waals surface area contributed by atoms with Gasteiger partial charge in [0.2, 0.25) is 0 Å². The largest absolute Gasteiger partial charge is 0.444 e. The van der Waals surface area contributed by atoms with E-state index in [0.29, 0.717) is 0 Å². The van der Waals surface area contributed by atoms with Gasteiger partial charge in [-0.3, -0.25) is 0 Å². The topological polar surface area (TPSA) is 50.4 Å². The molecule has 4 nitrogen and oxygen atoms in total. The van der Waals surface area contributed by atoms with E-state index in [4.69, 9.17) is 4.74 Å². The molecule has 0 radical (unpaired) electrons. The molecule has 1 aromatic rings. The maximum atomic E-state index is 11.9. The van der Waals surface area contributed by atoms with Gasteiger partial charge >= 0.3 is 6.09 Å². The fourth-order valence-corrected chi connectivity index (χ4v) is 2.74. The van der Waals surface area contributed by atoms with E-state index in [1.54, 1.807) is 0 Å². The van der Waals surface area contributed by atoms with Crippen LogP contribution in [0.15, 0.2) is 28.7 Å². The van der Waals surface area contributed by atoms with Crippen LogP contribution in [0.1, 0.15) is 45.2 Å². The molecule has 1 fully saturated rings. The fraction of sp³-hybridized carbons (Fsp3) is 0.562. The van der Waals surface area contributed by atoms with Gasteiger partial charge < -0.3 is 15.4 Å². The van der Waals surface area contributed by atoms with Crippen molar-refractivity contribution in [1.29, 1.82) is 0 Å². The molecule has 116 valence electrons. The molecule has 21 heavy (non-hydrogen) atoms. The predicted octanol–water partition coefficient (Wildman–Crippen LogP) is 3.77. The van der Waals surface area contributed by atoms with E-state index in [1.807, 2.05) is 32.9 Å². The molecule has 0 aromatic heterocycles. The minimum Gasteiger partial charge on any atom is -0.444 e. The van der Waals surface area contributed by atoms with Crippen LogP contribution in [0, 0.1) is 0 Å². The molecule has 2 rings (SSSR count). The third-order valence-electron chi connectivity index (χ3n) is 3.40. The molecule has 5 heteroatoms. The van der Waals surface area contributed by atoms with Gasteiger partial charge in [0, 0.05) is 16.6 Å². The fourth-order valence-electron chi connectivity index (χ4n) is 2.47. The smallest absolute Gasteiger partial charge is 0.407 e. The molecule has 2 N–H and O–H groups in total. The second-order valence-electron chi connectivity index (χ2n) is 6.43. The zero-order valence-corrected chi connectivity index (χ0v) is 14.4. The summed E-state index contributed by atoms with van der Waals surface area (Å²) in [5, 5.41) is 6.48. The van der Waals surface area contributed by atoms with Crippen molar-refractivity contribution in [3.8, 4) is 0 Å². The number of piperidine rings is 1. The van der Waals surface area contributed by atoms with Crippen LogP contribution in [0.5, 0.6) is 0 Å². The van der Waals surface area contributed by atoms with E-state index in [1.165, 1.54) is 5.56 Å². The quantitative estimate of drug-likeness (QED) is 0.849. The Kier molecular flexibility index (Phi) is 5.27. The molecule has 1 saturated heterocycles. The maximum Gasteiger partial charge on any atom is 0.407 e. The molecule has 2 atom stereocenters. The number of carbonyl (C=O) groups excluding carboxylic acids is 1. The average Bonchev–Trinajstić information content (AvgIpc) is 2.37. The number of benzene rings is 1. The first kappa shape index (κ1) is 16.3. The van der Waals surface area contributed by atoms with Crippen molar-refractivity contribution in [1.82, 2.24) is 10.6 Å². The van der Waals surface area contributed by atoms with E-state index < -0.39 is 5.60 Å². The highest BCUT2D eigenvalue weighted by Gasteiger charge is 2.25. The highest BCUT2D eigenvalue weighted by molar-refractivity contribution is 9.10. The molecule has 1 amide bonds. The summed E-state index contributed by atoms with van der Waals surface area (Å²) in [4.78, 5) is 11.9. The van der Waals surface area contributed by atoms with Crippen molar-refractivity contribution in [3.05, 3.63) is 34.3 Å². The number of alkyl carbamates (subject to hydrolysis) is 1. The lowest BCUT2D eigenvalue weighted by Crippen LogP contribution is -2.45. The van der Waals surface area contributed by atoms with Crippen molar-refractivity contribution >= 4 is 22.0 Å². The molecular formula is C16H23BrN2O2. The maximum absolute atomic E-state index is 11.9. The van der Waals surface area contributed by atoms with Crippen LogP contribution in [0.4, 0.5) is 4.79 Å². The lowest BCUT2D eigenvalue weighted by Gasteiger charge is -2.32. The molecule has 2 unspecified atom stereocenters. The summed E-state index contributed by atoms with van der Waals surface area (Å²) < 4.78 is 6.40. The summed E-state index contributed by atoms with van der Waals surface area (Å²) in [6.07, 6.45) is 1.47. The Labute approximate surface area is 134 Å². The van der Waals surface area contributed by atoms with E-state index in [9.17, 15) is 4.79 Å². The third kappa shape index (κ3) is 5.32. The third-order valence-corrected chi connectivity index (χ3v) is 3.93. The molecule has 0 aliphatic carbocycles. The van der Waals surface area contributed by atoms with Crippen LogP contribution in [0.2, 0.25) is 0 Å². The molecule has 0 bridgehead atoms. The number of nitrogens with one attached hydrogen (secondary N) is 2. The summed E-state index contributed by atoms with van der Waals surface area (Å²) >= 11 is 3.45. The van der Waals surface area contributed by atoms with Crippen molar-refractivity contribution in [2.24, 2.45) is 0 Å². The van der Waals surface area contributed by atoms with Gasteiger partial charge in [0.1, 0.15) is 5.60 Å². The van der Waals surface area contributed by atoms with Crippen LogP contribution in [-0.4, -0.2) is 24.3 Å². The van der Waals surface area contributed by atoms with Gasteiger partial charge in [0.15, 0.2) is 0 Å². The van der Waals surface area contributed by atoms with Crippen LogP contribution >= 0.6 is 15.9 Å². The number of hydrogen-bond donors (Lipinski definition) is 2. The average molecular weight is 355 g/mol. The highest BCUT2D eigenvalue weighted by Crippen LogP contribution is 2.25. The number of ether oxygens (including phenoxy) is 1. The second kappa shape index (κ2) is 6.79. The first-order valence-corrected chi connectivity index (χ1v) is 8.11. The summed E-state index contributed by atoms with van der Waals surface area (Å²) in [5.41, 5.74) is 0.788. The van der Waals surface area contributed by atoms with Crippen LogP contribution in [-0.2, 0) is 4.74 Å². The van der Waals surface area contributed by atoms with Crippen molar-refractivity contribution in [2.45, 2.75) is 51.3 Å². The van der Waals surface area contributed by atoms with Crippen molar-refractivity contribution < 1.29 is 9.53 Å². The van der Waals surface area contributed by atoms with Gasteiger partial charge in [0.25, 0.3) is 0 Å². The molecule has 1 aliphatic heterocycles. The Bertz CT molecular complexity index is 482.